The first-order valence-electron chi connectivity index (χ1n) is 12.1. The third kappa shape index (κ3) is 5.71. The number of aryl methyl sites for hydroxylation is 2. The lowest BCUT2D eigenvalue weighted by Crippen LogP contribution is -2.47. The molecule has 4 rings (SSSR count). The molecule has 0 saturated carbocycles. The van der Waals surface area contributed by atoms with Crippen LogP contribution in [0.15, 0.2) is 36.4 Å². The summed E-state index contributed by atoms with van der Waals surface area (Å²) in [6.07, 6.45) is -3.11. The van der Waals surface area contributed by atoms with E-state index in [0.717, 1.165) is 16.8 Å². The Balaban J connectivity index is 1.72. The van der Waals surface area contributed by atoms with Gasteiger partial charge in [0.1, 0.15) is 12.3 Å². The van der Waals surface area contributed by atoms with E-state index in [1.165, 1.54) is 9.47 Å². The highest BCUT2D eigenvalue weighted by molar-refractivity contribution is 6.04. The van der Waals surface area contributed by atoms with Gasteiger partial charge in [0.15, 0.2) is 18.1 Å². The van der Waals surface area contributed by atoms with Crippen LogP contribution in [0.5, 0.6) is 5.75 Å². The van der Waals surface area contributed by atoms with Crippen LogP contribution in [-0.4, -0.2) is 69.9 Å². The molecule has 0 spiro atoms. The summed E-state index contributed by atoms with van der Waals surface area (Å²) >= 11 is 0. The number of halogens is 3. The molecular weight excluding hydrogens is 489 g/mol. The number of carbonyl (C=O) groups is 2. The second-order valence-electron chi connectivity index (χ2n) is 9.00. The molecule has 1 saturated heterocycles. The number of aliphatic hydroxyl groups excluding tert-OH is 1. The highest BCUT2D eigenvalue weighted by Crippen LogP contribution is 2.37. The smallest absolute Gasteiger partial charge is 0.422 e. The molecule has 3 heterocycles. The van der Waals surface area contributed by atoms with E-state index in [0.29, 0.717) is 43.4 Å². The minimum Gasteiger partial charge on any atom is -0.481 e. The summed E-state index contributed by atoms with van der Waals surface area (Å²) < 4.78 is 46.2. The quantitative estimate of drug-likeness (QED) is 0.500. The first kappa shape index (κ1) is 26.5. The zero-order valence-electron chi connectivity index (χ0n) is 20.6. The molecule has 3 aromatic rings. The zero-order chi connectivity index (χ0) is 26.7. The van der Waals surface area contributed by atoms with Crippen LogP contribution in [0, 0.1) is 0 Å². The molecular formula is C26H29F3N4O4. The molecule has 0 bridgehead atoms. The number of ether oxygens (including phenoxy) is 1. The first-order chi connectivity index (χ1) is 17.6. The molecule has 2 N–H and O–H groups in total. The standard InChI is InChI=1S/C26H29F3N4O4/c1-3-20-18(16-7-5-4-6-8-16)13-19-23(37-15-26(27,28)29)22(32(2)24(19)31-20)25(36)30-17-9-11-33(12-10-17)21(35)14-34/h4-8,13,17,34H,3,9-12,14-15H2,1-2H3,(H,30,36). The molecule has 1 aliphatic heterocycles. The summed E-state index contributed by atoms with van der Waals surface area (Å²) in [4.78, 5) is 31.3. The number of nitrogens with zero attached hydrogens (tertiary/aromatic N) is 3. The number of piperidine rings is 1. The van der Waals surface area contributed by atoms with Crippen LogP contribution >= 0.6 is 0 Å². The number of amides is 2. The van der Waals surface area contributed by atoms with E-state index in [-0.39, 0.29) is 23.4 Å². The molecule has 0 aliphatic carbocycles. The number of hydrogen-bond acceptors (Lipinski definition) is 5. The third-order valence-electron chi connectivity index (χ3n) is 6.53. The van der Waals surface area contributed by atoms with Crippen molar-refractivity contribution in [3.05, 3.63) is 47.8 Å². The second kappa shape index (κ2) is 10.8. The van der Waals surface area contributed by atoms with Gasteiger partial charge in [0, 0.05) is 31.7 Å². The van der Waals surface area contributed by atoms with E-state index < -0.39 is 25.3 Å². The Hall–Kier alpha value is -3.60. The normalized spacial score (nSPS) is 14.7. The van der Waals surface area contributed by atoms with Crippen molar-refractivity contribution in [3.63, 3.8) is 0 Å². The number of nitrogens with one attached hydrogen (secondary N) is 1. The Morgan fingerprint density at radius 1 is 1.19 bits per heavy atom. The van der Waals surface area contributed by atoms with Gasteiger partial charge >= 0.3 is 6.18 Å². The Kier molecular flexibility index (Phi) is 7.72. The molecule has 8 nitrogen and oxygen atoms in total. The van der Waals surface area contributed by atoms with Gasteiger partial charge in [-0.3, -0.25) is 9.59 Å². The molecule has 2 amide bonds. The predicted molar refractivity (Wildman–Crippen MR) is 131 cm³/mol. The second-order valence-corrected chi connectivity index (χ2v) is 9.00. The minimum absolute atomic E-state index is 0.0483. The average Bonchev–Trinajstić information content (AvgIpc) is 3.17. The van der Waals surface area contributed by atoms with Crippen LogP contribution in [-0.2, 0) is 18.3 Å². The largest absolute Gasteiger partial charge is 0.481 e. The Morgan fingerprint density at radius 2 is 1.86 bits per heavy atom. The molecule has 37 heavy (non-hydrogen) atoms. The topological polar surface area (TPSA) is 96.7 Å². The molecule has 1 aliphatic rings. The highest BCUT2D eigenvalue weighted by Gasteiger charge is 2.33. The van der Waals surface area contributed by atoms with Crippen molar-refractivity contribution in [1.82, 2.24) is 19.8 Å². The summed E-state index contributed by atoms with van der Waals surface area (Å²) in [5, 5.41) is 12.2. The van der Waals surface area contributed by atoms with Gasteiger partial charge in [-0.15, -0.1) is 0 Å². The molecule has 0 radical (unpaired) electrons. The van der Waals surface area contributed by atoms with Gasteiger partial charge in [-0.2, -0.15) is 13.2 Å². The maximum atomic E-state index is 13.4. The van der Waals surface area contributed by atoms with Gasteiger partial charge in [0.05, 0.1) is 11.1 Å². The number of hydrogen-bond donors (Lipinski definition) is 2. The molecule has 11 heteroatoms. The number of aliphatic hydroxyl groups is 1. The number of benzene rings is 1. The molecule has 1 aromatic carbocycles. The average molecular weight is 519 g/mol. The fourth-order valence-electron chi connectivity index (χ4n) is 4.67. The van der Waals surface area contributed by atoms with Gasteiger partial charge in [-0.1, -0.05) is 37.3 Å². The van der Waals surface area contributed by atoms with Gasteiger partial charge in [-0.05, 0) is 30.9 Å². The van der Waals surface area contributed by atoms with Crippen molar-refractivity contribution in [1.29, 1.82) is 0 Å². The molecule has 2 aromatic heterocycles. The van der Waals surface area contributed by atoms with Crippen LogP contribution in [0.4, 0.5) is 13.2 Å². The lowest BCUT2D eigenvalue weighted by molar-refractivity contribution is -0.153. The van der Waals surface area contributed by atoms with Crippen molar-refractivity contribution in [2.45, 2.75) is 38.4 Å². The van der Waals surface area contributed by atoms with Crippen molar-refractivity contribution in [2.75, 3.05) is 26.3 Å². The van der Waals surface area contributed by atoms with Crippen LogP contribution in [0.3, 0.4) is 0 Å². The number of aromatic nitrogens is 2. The fraction of sp³-hybridized carbons (Fsp3) is 0.423. The predicted octanol–water partition coefficient (Wildman–Crippen LogP) is 3.46. The van der Waals surface area contributed by atoms with E-state index in [4.69, 9.17) is 14.8 Å². The van der Waals surface area contributed by atoms with E-state index in [1.54, 1.807) is 13.1 Å². The highest BCUT2D eigenvalue weighted by atomic mass is 19.4. The molecule has 0 atom stereocenters. The molecule has 1 fully saturated rings. The lowest BCUT2D eigenvalue weighted by Gasteiger charge is -2.32. The van der Waals surface area contributed by atoms with Crippen LogP contribution in [0.25, 0.3) is 22.2 Å². The van der Waals surface area contributed by atoms with Crippen molar-refractivity contribution in [2.24, 2.45) is 7.05 Å². The third-order valence-corrected chi connectivity index (χ3v) is 6.53. The first-order valence-corrected chi connectivity index (χ1v) is 12.1. The number of pyridine rings is 1. The van der Waals surface area contributed by atoms with E-state index >= 15 is 0 Å². The fourth-order valence-corrected chi connectivity index (χ4v) is 4.67. The Labute approximate surface area is 212 Å². The van der Waals surface area contributed by atoms with Gasteiger partial charge in [-0.25, -0.2) is 4.98 Å². The number of alkyl halides is 3. The van der Waals surface area contributed by atoms with Gasteiger partial charge in [0.2, 0.25) is 5.91 Å². The van der Waals surface area contributed by atoms with Crippen LogP contribution in [0.2, 0.25) is 0 Å². The van der Waals surface area contributed by atoms with Gasteiger partial charge in [0.25, 0.3) is 5.91 Å². The monoisotopic (exact) mass is 518 g/mol. The number of likely N-dealkylation sites (tertiary alicyclic amines) is 1. The molecule has 198 valence electrons. The Morgan fingerprint density at radius 3 is 2.46 bits per heavy atom. The maximum absolute atomic E-state index is 13.4. The summed E-state index contributed by atoms with van der Waals surface area (Å²) in [7, 11) is 1.58. The van der Waals surface area contributed by atoms with E-state index in [1.807, 2.05) is 37.3 Å². The van der Waals surface area contributed by atoms with Crippen molar-refractivity contribution in [3.8, 4) is 16.9 Å². The van der Waals surface area contributed by atoms with Crippen LogP contribution in [0.1, 0.15) is 35.9 Å². The van der Waals surface area contributed by atoms with Gasteiger partial charge < -0.3 is 24.6 Å². The van der Waals surface area contributed by atoms with Crippen molar-refractivity contribution >= 4 is 22.8 Å². The van der Waals surface area contributed by atoms with Crippen LogP contribution < -0.4 is 10.1 Å². The summed E-state index contributed by atoms with van der Waals surface area (Å²) in [5.74, 6) is -1.13. The lowest BCUT2D eigenvalue weighted by atomic mass is 10.0. The SMILES string of the molecule is CCc1nc2c(cc1-c1ccccc1)c(OCC(F)(F)F)c(C(=O)NC1CCN(C(=O)CO)CC1)n2C. The van der Waals surface area contributed by atoms with E-state index in [2.05, 4.69) is 5.32 Å². The summed E-state index contributed by atoms with van der Waals surface area (Å²) in [6.45, 7) is 0.526. The number of fused-ring (bicyclic) bond motifs is 1. The molecule has 0 unspecified atom stereocenters. The summed E-state index contributed by atoms with van der Waals surface area (Å²) in [5.41, 5.74) is 2.66. The maximum Gasteiger partial charge on any atom is 0.422 e. The minimum atomic E-state index is -4.60. The van der Waals surface area contributed by atoms with Crippen molar-refractivity contribution < 1.29 is 32.6 Å². The number of rotatable bonds is 7. The van der Waals surface area contributed by atoms with E-state index in [9.17, 15) is 22.8 Å². The number of carbonyl (C=O) groups excluding carboxylic acids is 2. The zero-order valence-corrected chi connectivity index (χ0v) is 20.6. The Bertz CT molecular complexity index is 1280. The summed E-state index contributed by atoms with van der Waals surface area (Å²) in [6, 6.07) is 10.8.